The average molecular weight is 1130 g/mol. The minimum Gasteiger partial charge on any atom is -0.311 e. The van der Waals surface area contributed by atoms with Crippen LogP contribution in [-0.4, -0.2) is 11.3 Å². The van der Waals surface area contributed by atoms with E-state index in [2.05, 4.69) is 228 Å². The molecule has 0 saturated heterocycles. The molecule has 18 rings (SSSR count). The predicted octanol–water partition coefficient (Wildman–Crippen LogP) is 20.1. The Morgan fingerprint density at radius 1 is 0.360 bits per heavy atom. The molecule has 7 heteroatoms. The Morgan fingerprint density at radius 3 is 1.30 bits per heavy atom. The van der Waals surface area contributed by atoms with Crippen molar-refractivity contribution < 1.29 is 9.60 Å². The zero-order valence-corrected chi connectivity index (χ0v) is 47.4. The first-order valence-electron chi connectivity index (χ1n) is 32.2. The lowest BCUT2D eigenvalue weighted by Gasteiger charge is -2.45. The number of hydrogen-bond donors (Lipinski definition) is 0. The van der Waals surface area contributed by atoms with Gasteiger partial charge in [0.25, 0.3) is 6.71 Å². The quantitative estimate of drug-likeness (QED) is 0.149. The minimum absolute atomic E-state index is 0.00228. The lowest BCUT2D eigenvalue weighted by Crippen LogP contribution is -2.61. The number of thiophene rings is 2. The number of rotatable bonds is 7. The highest BCUT2D eigenvalue weighted by molar-refractivity contribution is 7.26. The highest BCUT2D eigenvalue weighted by Gasteiger charge is 2.45. The molecule has 5 heterocycles. The van der Waals surface area contributed by atoms with Crippen molar-refractivity contribution in [1.82, 2.24) is 4.57 Å². The molecule has 0 fully saturated rings. The third kappa shape index (κ3) is 7.41. The Bertz CT molecular complexity index is 5670. The summed E-state index contributed by atoms with van der Waals surface area (Å²) in [6, 6.07) is 85.1. The normalized spacial score (nSPS) is 13.7. The zero-order chi connectivity index (χ0) is 62.7. The van der Waals surface area contributed by atoms with Crippen molar-refractivity contribution in [2.75, 3.05) is 9.80 Å². The second-order valence-electron chi connectivity index (χ2n) is 22.1. The lowest BCUT2D eigenvalue weighted by atomic mass is 9.33. The molecule has 398 valence electrons. The van der Waals surface area contributed by atoms with E-state index in [9.17, 15) is 13.5 Å². The SMILES string of the molecule is [2H]c1c([2H])c([2H])c2c(c1[2H])c1c([2H])c(C#N)c([2H])c([2H])c1n2-c1cc2c3c(c1)N(c1cccc4sc5ccc(-c6ccccc6)cc5c14)c1ccc(-c4ccccc4)cc1B3c1cc(-c3ccccc3)ccc1N2c1cccc2sc3ccc(-c4ccccc4)cc3c12. The van der Waals surface area contributed by atoms with Gasteiger partial charge in [0.2, 0.25) is 0 Å². The van der Waals surface area contributed by atoms with Crippen LogP contribution in [-0.2, 0) is 0 Å². The van der Waals surface area contributed by atoms with Crippen LogP contribution in [0.1, 0.15) is 15.2 Å². The van der Waals surface area contributed by atoms with Crippen LogP contribution in [0.25, 0.3) is 112 Å². The standard InChI is InChI=1S/C79H47BN4S2/c81-48-49-31-36-66-60(41-49)59-25-13-14-26-65(59)82(66)58-46-71-79-72(47-58)84(70-28-16-30-76-78(70)62-43-55(35-40-74(62)86-76)51-19-7-2-8-20-51)68-38-33-57(53-23-11-4-12-24-53)45-64(68)80(79)63-44-56(52-21-9-3-10-22-52)32-37-67(63)83(71)69-27-15-29-75-77(69)61-42-54(34-39-73(61)85-75)50-17-5-1-6-18-50/h1-47H/i13D,14D,25D,26D,31D,36D,41D. The van der Waals surface area contributed by atoms with Gasteiger partial charge in [-0.25, -0.2) is 0 Å². The van der Waals surface area contributed by atoms with Crippen LogP contribution in [0.2, 0.25) is 0 Å². The van der Waals surface area contributed by atoms with Gasteiger partial charge in [0.1, 0.15) is 0 Å². The van der Waals surface area contributed by atoms with E-state index in [1.54, 1.807) is 27.2 Å². The van der Waals surface area contributed by atoms with Gasteiger partial charge in [-0.1, -0.05) is 188 Å². The molecule has 0 spiro atoms. The number of nitrogens with zero attached hydrogens (tertiary/aromatic N) is 4. The number of anilines is 6. The van der Waals surface area contributed by atoms with Gasteiger partial charge < -0.3 is 14.4 Å². The molecule has 0 bridgehead atoms. The maximum absolute atomic E-state index is 10.6. The van der Waals surface area contributed by atoms with E-state index in [4.69, 9.17) is 1.37 Å². The molecule has 0 radical (unpaired) electrons. The van der Waals surface area contributed by atoms with Gasteiger partial charge in [-0.2, -0.15) is 5.26 Å². The Kier molecular flexibility index (Phi) is 9.38. The molecule has 2 aliphatic heterocycles. The molecule has 13 aromatic carbocycles. The van der Waals surface area contributed by atoms with E-state index in [0.29, 0.717) is 5.69 Å². The molecular formula is C79H47BN4S2. The highest BCUT2D eigenvalue weighted by Crippen LogP contribution is 2.53. The first-order chi connectivity index (χ1) is 45.5. The second-order valence-corrected chi connectivity index (χ2v) is 24.3. The number of nitriles is 1. The fourth-order valence-corrected chi connectivity index (χ4v) is 15.9. The summed E-state index contributed by atoms with van der Waals surface area (Å²) in [7, 11) is 0. The Morgan fingerprint density at radius 2 is 0.814 bits per heavy atom. The van der Waals surface area contributed by atoms with E-state index in [0.717, 1.165) is 135 Å². The summed E-state index contributed by atoms with van der Waals surface area (Å²) in [4.78, 5) is 4.77. The maximum atomic E-state index is 10.6. The topological polar surface area (TPSA) is 35.2 Å². The van der Waals surface area contributed by atoms with Crippen molar-refractivity contribution in [3.8, 4) is 56.3 Å². The van der Waals surface area contributed by atoms with Crippen molar-refractivity contribution in [2.24, 2.45) is 0 Å². The molecule has 0 N–H and O–H groups in total. The van der Waals surface area contributed by atoms with E-state index in [1.165, 1.54) is 0 Å². The first-order valence-corrected chi connectivity index (χ1v) is 30.3. The van der Waals surface area contributed by atoms with Gasteiger partial charge in [0.05, 0.1) is 49.3 Å². The molecule has 3 aromatic heterocycles. The first kappa shape index (κ1) is 42.1. The third-order valence-electron chi connectivity index (χ3n) is 17.4. The number of aromatic nitrogens is 1. The minimum atomic E-state index is -0.511. The van der Waals surface area contributed by atoms with Gasteiger partial charge in [-0.3, -0.25) is 0 Å². The van der Waals surface area contributed by atoms with E-state index >= 15 is 0 Å². The number of para-hydroxylation sites is 1. The number of fused-ring (bicyclic) bond motifs is 13. The van der Waals surface area contributed by atoms with E-state index in [-0.39, 0.29) is 45.5 Å². The Labute approximate surface area is 515 Å². The smallest absolute Gasteiger partial charge is 0.252 e. The second kappa shape index (κ2) is 19.1. The van der Waals surface area contributed by atoms with Crippen molar-refractivity contribution in [3.05, 3.63) is 291 Å². The van der Waals surface area contributed by atoms with Crippen molar-refractivity contribution >= 4 is 142 Å². The molecule has 2 aliphatic rings. The van der Waals surface area contributed by atoms with Gasteiger partial charge in [0.15, 0.2) is 0 Å². The zero-order valence-electron chi connectivity index (χ0n) is 52.8. The van der Waals surface area contributed by atoms with Gasteiger partial charge in [-0.05, 0) is 158 Å². The molecule has 4 nitrogen and oxygen atoms in total. The van der Waals surface area contributed by atoms with Crippen LogP contribution in [0, 0.1) is 11.3 Å². The largest absolute Gasteiger partial charge is 0.311 e. The van der Waals surface area contributed by atoms with Gasteiger partial charge >= 0.3 is 0 Å². The maximum Gasteiger partial charge on any atom is 0.252 e. The number of hydrogen-bond acceptors (Lipinski definition) is 5. The summed E-state index contributed by atoms with van der Waals surface area (Å²) < 4.78 is 73.0. The molecular weight excluding hydrogens is 1080 g/mol. The van der Waals surface area contributed by atoms with E-state index in [1.807, 2.05) is 30.3 Å². The van der Waals surface area contributed by atoms with E-state index < -0.39 is 30.9 Å². The summed E-state index contributed by atoms with van der Waals surface area (Å²) in [6.07, 6.45) is 0. The molecule has 0 atom stereocenters. The summed E-state index contributed by atoms with van der Waals surface area (Å²) in [6.45, 7) is -0.430. The van der Waals surface area contributed by atoms with Crippen LogP contribution in [0.3, 0.4) is 0 Å². The number of benzene rings is 13. The van der Waals surface area contributed by atoms with Crippen molar-refractivity contribution in [2.45, 2.75) is 0 Å². The summed E-state index contributed by atoms with van der Waals surface area (Å²) in [5.74, 6) is 0. The van der Waals surface area contributed by atoms with Crippen LogP contribution in [0.5, 0.6) is 0 Å². The summed E-state index contributed by atoms with van der Waals surface area (Å²) in [5, 5.41) is 14.9. The molecule has 0 amide bonds. The third-order valence-corrected chi connectivity index (χ3v) is 19.7. The summed E-state index contributed by atoms with van der Waals surface area (Å²) in [5.41, 5.74) is 17.1. The van der Waals surface area contributed by atoms with Crippen molar-refractivity contribution in [3.63, 3.8) is 0 Å². The highest BCUT2D eigenvalue weighted by atomic mass is 32.1. The van der Waals surface area contributed by atoms with Crippen LogP contribution in [0.4, 0.5) is 34.1 Å². The van der Waals surface area contributed by atoms with Crippen LogP contribution in [0.15, 0.2) is 285 Å². The monoisotopic (exact) mass is 1130 g/mol. The molecule has 0 saturated carbocycles. The molecule has 0 unspecified atom stereocenters. The lowest BCUT2D eigenvalue weighted by molar-refractivity contribution is 1.16. The Hall–Kier alpha value is -10.7. The van der Waals surface area contributed by atoms with Crippen LogP contribution >= 0.6 is 22.7 Å². The summed E-state index contributed by atoms with van der Waals surface area (Å²) >= 11 is 3.49. The van der Waals surface area contributed by atoms with Crippen molar-refractivity contribution in [1.29, 1.82) is 5.26 Å². The van der Waals surface area contributed by atoms with Crippen LogP contribution < -0.4 is 26.2 Å². The Balaban J connectivity index is 1.04. The molecule has 0 aliphatic carbocycles. The van der Waals surface area contributed by atoms with Gasteiger partial charge in [0, 0.05) is 73.9 Å². The van der Waals surface area contributed by atoms with Gasteiger partial charge in [-0.15, -0.1) is 22.7 Å². The fourth-order valence-electron chi connectivity index (χ4n) is 13.7. The molecule has 86 heavy (non-hydrogen) atoms. The fraction of sp³-hybridized carbons (Fsp3) is 0. The predicted molar refractivity (Wildman–Crippen MR) is 367 cm³/mol. The average Bonchev–Trinajstić information content (AvgIpc) is 1.64. The molecule has 16 aromatic rings.